The molecule has 0 aliphatic rings. The second-order valence-electron chi connectivity index (χ2n) is 3.75. The van der Waals surface area contributed by atoms with E-state index in [1.54, 1.807) is 6.20 Å². The average Bonchev–Trinajstić information content (AvgIpc) is 2.77. The van der Waals surface area contributed by atoms with Gasteiger partial charge in [0.15, 0.2) is 0 Å². The van der Waals surface area contributed by atoms with Crippen LogP contribution in [0, 0.1) is 0 Å². The third-order valence-electron chi connectivity index (χ3n) is 2.50. The van der Waals surface area contributed by atoms with Gasteiger partial charge < -0.3 is 11.1 Å². The predicted octanol–water partition coefficient (Wildman–Crippen LogP) is 2.13. The molecule has 17 heavy (non-hydrogen) atoms. The molecule has 0 atom stereocenters. The van der Waals surface area contributed by atoms with Crippen molar-refractivity contribution >= 4 is 21.6 Å². The third-order valence-corrected chi connectivity index (χ3v) is 3.28. The first-order valence-electron chi connectivity index (χ1n) is 5.51. The summed E-state index contributed by atoms with van der Waals surface area (Å²) in [7, 11) is 0. The number of hydrogen-bond acceptors (Lipinski definition) is 3. The van der Waals surface area contributed by atoms with Crippen LogP contribution in [0.5, 0.6) is 0 Å². The van der Waals surface area contributed by atoms with Crippen LogP contribution in [0.1, 0.15) is 11.3 Å². The van der Waals surface area contributed by atoms with Crippen molar-refractivity contribution in [2.24, 2.45) is 5.73 Å². The number of anilines is 1. The molecule has 0 bridgehead atoms. The van der Waals surface area contributed by atoms with Crippen molar-refractivity contribution in [3.05, 3.63) is 46.2 Å². The molecule has 5 heteroatoms. The van der Waals surface area contributed by atoms with Crippen LogP contribution in [0.4, 0.5) is 5.69 Å². The zero-order valence-electron chi connectivity index (χ0n) is 9.41. The highest BCUT2D eigenvalue weighted by atomic mass is 79.9. The molecule has 0 fully saturated rings. The van der Waals surface area contributed by atoms with Crippen molar-refractivity contribution in [3.8, 4) is 0 Å². The molecule has 0 radical (unpaired) electrons. The topological polar surface area (TPSA) is 66.7 Å². The van der Waals surface area contributed by atoms with Crippen LogP contribution in [-0.2, 0) is 6.42 Å². The number of H-pyrrole nitrogens is 1. The average molecular weight is 295 g/mol. The Labute approximate surface area is 109 Å². The number of halogens is 1. The van der Waals surface area contributed by atoms with E-state index in [-0.39, 0.29) is 0 Å². The Morgan fingerprint density at radius 2 is 2.18 bits per heavy atom. The van der Waals surface area contributed by atoms with E-state index in [0.29, 0.717) is 6.54 Å². The van der Waals surface area contributed by atoms with Crippen molar-refractivity contribution in [1.29, 1.82) is 0 Å². The summed E-state index contributed by atoms with van der Waals surface area (Å²) >= 11 is 3.54. The largest absolute Gasteiger partial charge is 0.381 e. The van der Waals surface area contributed by atoms with Crippen LogP contribution in [0.15, 0.2) is 34.9 Å². The van der Waals surface area contributed by atoms with E-state index in [0.717, 1.165) is 28.8 Å². The van der Waals surface area contributed by atoms with Gasteiger partial charge in [0, 0.05) is 24.0 Å². The second kappa shape index (κ2) is 5.84. The second-order valence-corrected chi connectivity index (χ2v) is 4.60. The maximum Gasteiger partial charge on any atom is 0.0760 e. The van der Waals surface area contributed by atoms with Crippen molar-refractivity contribution in [1.82, 2.24) is 10.2 Å². The zero-order valence-corrected chi connectivity index (χ0v) is 11.0. The highest BCUT2D eigenvalue weighted by molar-refractivity contribution is 9.10. The Kier molecular flexibility index (Phi) is 4.17. The summed E-state index contributed by atoms with van der Waals surface area (Å²) < 4.78 is 1.11. The van der Waals surface area contributed by atoms with Crippen molar-refractivity contribution in [2.45, 2.75) is 6.42 Å². The molecule has 0 aliphatic heterocycles. The summed E-state index contributed by atoms with van der Waals surface area (Å²) in [6.07, 6.45) is 2.61. The molecule has 0 saturated heterocycles. The van der Waals surface area contributed by atoms with Gasteiger partial charge in [-0.1, -0.05) is 34.1 Å². The fourth-order valence-corrected chi connectivity index (χ4v) is 2.06. The van der Waals surface area contributed by atoms with E-state index in [4.69, 9.17) is 5.73 Å². The molecular weight excluding hydrogens is 280 g/mol. The van der Waals surface area contributed by atoms with Crippen LogP contribution in [0.25, 0.3) is 0 Å². The first-order chi connectivity index (χ1) is 8.31. The molecule has 0 unspecified atom stereocenters. The first-order valence-corrected chi connectivity index (χ1v) is 6.30. The van der Waals surface area contributed by atoms with E-state index in [1.165, 1.54) is 5.56 Å². The molecule has 1 heterocycles. The number of rotatable bonds is 5. The highest BCUT2D eigenvalue weighted by Gasteiger charge is 2.07. The summed E-state index contributed by atoms with van der Waals surface area (Å²) in [5.41, 5.74) is 8.79. The fraction of sp³-hybridized carbons (Fsp3) is 0.250. The normalized spacial score (nSPS) is 10.5. The number of hydrogen-bond donors (Lipinski definition) is 3. The van der Waals surface area contributed by atoms with Gasteiger partial charge in [-0.25, -0.2) is 0 Å². The third kappa shape index (κ3) is 3.08. The summed E-state index contributed by atoms with van der Waals surface area (Å²) in [6.45, 7) is 1.36. The maximum atomic E-state index is 5.47. The molecule has 4 N–H and O–H groups in total. The van der Waals surface area contributed by atoms with Gasteiger partial charge in [0.2, 0.25) is 0 Å². The smallest absolute Gasteiger partial charge is 0.0760 e. The van der Waals surface area contributed by atoms with Crippen molar-refractivity contribution < 1.29 is 0 Å². The van der Waals surface area contributed by atoms with Gasteiger partial charge in [-0.2, -0.15) is 5.10 Å². The van der Waals surface area contributed by atoms with E-state index in [9.17, 15) is 0 Å². The Balaban J connectivity index is 2.13. The van der Waals surface area contributed by atoms with Gasteiger partial charge in [0.05, 0.1) is 17.6 Å². The van der Waals surface area contributed by atoms with Gasteiger partial charge in [-0.3, -0.25) is 5.10 Å². The molecule has 2 aromatic rings. The molecule has 1 aromatic carbocycles. The lowest BCUT2D eigenvalue weighted by Crippen LogP contribution is -2.13. The van der Waals surface area contributed by atoms with E-state index >= 15 is 0 Å². The van der Waals surface area contributed by atoms with Crippen LogP contribution < -0.4 is 11.1 Å². The number of benzene rings is 1. The Morgan fingerprint density at radius 3 is 2.94 bits per heavy atom. The molecule has 90 valence electrons. The number of nitrogens with zero attached hydrogens (tertiary/aromatic N) is 1. The molecular formula is C12H15BrN4. The van der Waals surface area contributed by atoms with Gasteiger partial charge in [-0.05, 0) is 11.6 Å². The van der Waals surface area contributed by atoms with Gasteiger partial charge in [0.1, 0.15) is 0 Å². The molecule has 0 amide bonds. The number of aromatic nitrogens is 2. The molecule has 2 rings (SSSR count). The lowest BCUT2D eigenvalue weighted by molar-refractivity contribution is 0.985. The minimum atomic E-state index is 0.611. The zero-order chi connectivity index (χ0) is 12.1. The predicted molar refractivity (Wildman–Crippen MR) is 73.1 cm³/mol. The summed E-state index contributed by atoms with van der Waals surface area (Å²) in [5.74, 6) is 0. The van der Waals surface area contributed by atoms with Crippen LogP contribution in [0.2, 0.25) is 0 Å². The van der Waals surface area contributed by atoms with Gasteiger partial charge in [-0.15, -0.1) is 0 Å². The standard InChI is InChI=1S/C12H15BrN4/c13-10-4-2-1-3-9(10)7-11-12(8-16-17-11)15-6-5-14/h1-4,8,15H,5-7,14H2,(H,16,17). The minimum absolute atomic E-state index is 0.611. The van der Waals surface area contributed by atoms with Gasteiger partial charge in [0.25, 0.3) is 0 Å². The number of nitrogens with two attached hydrogens (primary N) is 1. The maximum absolute atomic E-state index is 5.47. The van der Waals surface area contributed by atoms with Gasteiger partial charge >= 0.3 is 0 Å². The quantitative estimate of drug-likeness (QED) is 0.791. The number of nitrogens with one attached hydrogen (secondary N) is 2. The monoisotopic (exact) mass is 294 g/mol. The van der Waals surface area contributed by atoms with Crippen LogP contribution >= 0.6 is 15.9 Å². The molecule has 0 spiro atoms. The Morgan fingerprint density at radius 1 is 1.35 bits per heavy atom. The minimum Gasteiger partial charge on any atom is -0.381 e. The summed E-state index contributed by atoms with van der Waals surface area (Å²) in [4.78, 5) is 0. The lowest BCUT2D eigenvalue weighted by atomic mass is 10.1. The van der Waals surface area contributed by atoms with Crippen LogP contribution in [-0.4, -0.2) is 23.3 Å². The Hall–Kier alpha value is -1.33. The van der Waals surface area contributed by atoms with Crippen LogP contribution in [0.3, 0.4) is 0 Å². The van der Waals surface area contributed by atoms with E-state index in [1.807, 2.05) is 18.2 Å². The lowest BCUT2D eigenvalue weighted by Gasteiger charge is -2.06. The van der Waals surface area contributed by atoms with Crippen molar-refractivity contribution in [2.75, 3.05) is 18.4 Å². The summed E-state index contributed by atoms with van der Waals surface area (Å²) in [6, 6.07) is 8.17. The molecule has 0 aliphatic carbocycles. The highest BCUT2D eigenvalue weighted by Crippen LogP contribution is 2.22. The number of aromatic amines is 1. The Bertz CT molecular complexity index is 481. The molecule has 4 nitrogen and oxygen atoms in total. The molecule has 0 saturated carbocycles. The first kappa shape index (κ1) is 12.1. The molecule has 1 aromatic heterocycles. The van der Waals surface area contributed by atoms with Crippen molar-refractivity contribution in [3.63, 3.8) is 0 Å². The van der Waals surface area contributed by atoms with E-state index < -0.39 is 0 Å². The SMILES string of the molecule is NCCNc1cn[nH]c1Cc1ccccc1Br. The fourth-order valence-electron chi connectivity index (χ4n) is 1.64. The summed E-state index contributed by atoms with van der Waals surface area (Å²) in [5, 5.41) is 10.3. The van der Waals surface area contributed by atoms with E-state index in [2.05, 4.69) is 37.5 Å².